The summed E-state index contributed by atoms with van der Waals surface area (Å²) in [5.41, 5.74) is 0.104. The van der Waals surface area contributed by atoms with Gasteiger partial charge in [-0.2, -0.15) is 65.9 Å². The lowest BCUT2D eigenvalue weighted by molar-refractivity contribution is -0.453. The van der Waals surface area contributed by atoms with E-state index in [-0.39, 0.29) is 5.56 Å². The molecule has 1 rings (SSSR count). The van der Waals surface area contributed by atoms with Crippen LogP contribution in [0.5, 0.6) is 0 Å². The molecule has 0 saturated carbocycles. The first-order valence-corrected chi connectivity index (χ1v) is 8.35. The van der Waals surface area contributed by atoms with Crippen molar-refractivity contribution in [1.29, 1.82) is 0 Å². The van der Waals surface area contributed by atoms with E-state index in [1.54, 1.807) is 0 Å². The van der Waals surface area contributed by atoms with Gasteiger partial charge in [0.05, 0.1) is 6.10 Å². The van der Waals surface area contributed by atoms with E-state index in [0.717, 1.165) is 12.1 Å². The van der Waals surface area contributed by atoms with Crippen molar-refractivity contribution in [3.63, 3.8) is 0 Å². The molecule has 0 fully saturated rings. The van der Waals surface area contributed by atoms with Gasteiger partial charge in [-0.1, -0.05) is 29.8 Å². The number of hydrogen-bond acceptors (Lipinski definition) is 1. The summed E-state index contributed by atoms with van der Waals surface area (Å²) in [4.78, 5) is 0. The fourth-order valence-electron chi connectivity index (χ4n) is 2.48. The lowest BCUT2D eigenvalue weighted by atomic mass is 9.88. The number of halogens is 15. The predicted octanol–water partition coefficient (Wildman–Crippen LogP) is 7.45. The van der Waals surface area contributed by atoms with E-state index in [4.69, 9.17) is 0 Å². The Morgan fingerprint density at radius 2 is 0.970 bits per heavy atom. The summed E-state index contributed by atoms with van der Waals surface area (Å²) in [5.74, 6) is -46.5. The standard InChI is InChI=1S/C17H13F15O/c1-8-3-5-9(6-4-8)10(33-2)7-11(18,19)12(20,21)13(22,23)14(24,25)15(26,27)16(28,29)17(30,31)32/h3-6,10H,7H2,1-2H3. The minimum atomic E-state index is -8.29. The van der Waals surface area contributed by atoms with Crippen molar-refractivity contribution < 1.29 is 70.6 Å². The Morgan fingerprint density at radius 3 is 1.33 bits per heavy atom. The molecule has 0 aliphatic rings. The molecule has 1 nitrogen and oxygen atoms in total. The Labute approximate surface area is 175 Å². The van der Waals surface area contributed by atoms with E-state index < -0.39 is 54.2 Å². The van der Waals surface area contributed by atoms with Crippen LogP contribution in [-0.2, 0) is 4.74 Å². The summed E-state index contributed by atoms with van der Waals surface area (Å²) >= 11 is 0. The highest BCUT2D eigenvalue weighted by atomic mass is 19.4. The van der Waals surface area contributed by atoms with Crippen LogP contribution < -0.4 is 0 Å². The quantitative estimate of drug-likeness (QED) is 0.309. The molecule has 0 bridgehead atoms. The predicted molar refractivity (Wildman–Crippen MR) is 81.3 cm³/mol. The van der Waals surface area contributed by atoms with E-state index in [1.165, 1.54) is 19.1 Å². The molecule has 0 aromatic heterocycles. The van der Waals surface area contributed by atoms with Crippen molar-refractivity contribution in [2.24, 2.45) is 0 Å². The Morgan fingerprint density at radius 1 is 0.606 bits per heavy atom. The van der Waals surface area contributed by atoms with Crippen molar-refractivity contribution in [3.05, 3.63) is 35.4 Å². The molecule has 0 amide bonds. The second kappa shape index (κ2) is 8.41. The molecule has 1 aromatic rings. The van der Waals surface area contributed by atoms with Crippen LogP contribution in [0.25, 0.3) is 0 Å². The zero-order chi connectivity index (χ0) is 26.5. The monoisotopic (exact) mass is 518 g/mol. The molecule has 33 heavy (non-hydrogen) atoms. The number of alkyl halides is 15. The summed E-state index contributed by atoms with van der Waals surface area (Å²) in [6.07, 6.45) is -12.4. The highest BCUT2D eigenvalue weighted by Gasteiger charge is 2.93. The van der Waals surface area contributed by atoms with E-state index in [0.29, 0.717) is 12.7 Å². The minimum Gasteiger partial charge on any atom is -0.377 e. The van der Waals surface area contributed by atoms with E-state index in [2.05, 4.69) is 4.74 Å². The van der Waals surface area contributed by atoms with Gasteiger partial charge in [-0.05, 0) is 12.5 Å². The molecule has 0 saturated heterocycles. The van der Waals surface area contributed by atoms with Crippen LogP contribution >= 0.6 is 0 Å². The van der Waals surface area contributed by atoms with E-state index >= 15 is 0 Å². The summed E-state index contributed by atoms with van der Waals surface area (Å²) in [6.45, 7) is 1.48. The number of rotatable bonds is 9. The number of hydrogen-bond donors (Lipinski definition) is 0. The maximum atomic E-state index is 14.1. The van der Waals surface area contributed by atoms with Gasteiger partial charge in [0.15, 0.2) is 0 Å². The van der Waals surface area contributed by atoms with Gasteiger partial charge in [-0.15, -0.1) is 0 Å². The molecule has 16 heteroatoms. The van der Waals surface area contributed by atoms with Crippen LogP contribution in [0.3, 0.4) is 0 Å². The molecule has 1 atom stereocenters. The molecular weight excluding hydrogens is 505 g/mol. The molecule has 0 heterocycles. The Hall–Kier alpha value is -1.87. The minimum absolute atomic E-state index is 0.386. The van der Waals surface area contributed by atoms with E-state index in [9.17, 15) is 65.9 Å². The average Bonchev–Trinajstić information content (AvgIpc) is 2.65. The third kappa shape index (κ3) is 4.46. The maximum absolute atomic E-state index is 14.1. The van der Waals surface area contributed by atoms with Crippen LogP contribution in [-0.4, -0.2) is 48.8 Å². The molecule has 0 aliphatic heterocycles. The Kier molecular flexibility index (Phi) is 7.43. The average molecular weight is 518 g/mol. The second-order valence-electron chi connectivity index (χ2n) is 6.91. The van der Waals surface area contributed by atoms with Crippen molar-refractivity contribution in [2.45, 2.75) is 61.2 Å². The fraction of sp³-hybridized carbons (Fsp3) is 0.647. The number of benzene rings is 1. The van der Waals surface area contributed by atoms with Gasteiger partial charge >= 0.3 is 41.7 Å². The highest BCUT2D eigenvalue weighted by molar-refractivity contribution is 5.24. The highest BCUT2D eigenvalue weighted by Crippen LogP contribution is 2.63. The summed E-state index contributed by atoms with van der Waals surface area (Å²) < 4.78 is 203. The summed E-state index contributed by atoms with van der Waals surface area (Å²) in [6, 6.07) is 4.37. The van der Waals surface area contributed by atoms with Crippen LogP contribution in [0, 0.1) is 6.92 Å². The third-order valence-corrected chi connectivity index (χ3v) is 4.57. The molecule has 1 unspecified atom stereocenters. The summed E-state index contributed by atoms with van der Waals surface area (Å²) in [5, 5.41) is 0. The van der Waals surface area contributed by atoms with Gasteiger partial charge in [0.2, 0.25) is 0 Å². The number of ether oxygens (including phenoxy) is 1. The Bertz CT molecular complexity index is 811. The molecular formula is C17H13F15O. The smallest absolute Gasteiger partial charge is 0.377 e. The fourth-order valence-corrected chi connectivity index (χ4v) is 2.48. The maximum Gasteiger partial charge on any atom is 0.460 e. The molecule has 0 N–H and O–H groups in total. The van der Waals surface area contributed by atoms with Crippen molar-refractivity contribution >= 4 is 0 Å². The zero-order valence-electron chi connectivity index (χ0n) is 16.2. The number of aryl methyl sites for hydroxylation is 1. The molecule has 192 valence electrons. The molecule has 0 aliphatic carbocycles. The van der Waals surface area contributed by atoms with Crippen molar-refractivity contribution in [2.75, 3.05) is 7.11 Å². The van der Waals surface area contributed by atoms with Gasteiger partial charge in [0, 0.05) is 13.5 Å². The third-order valence-electron chi connectivity index (χ3n) is 4.57. The van der Waals surface area contributed by atoms with Crippen molar-refractivity contribution in [1.82, 2.24) is 0 Å². The first-order chi connectivity index (χ1) is 14.4. The normalized spacial score (nSPS) is 16.2. The first-order valence-electron chi connectivity index (χ1n) is 8.35. The van der Waals surface area contributed by atoms with Gasteiger partial charge in [-0.3, -0.25) is 0 Å². The number of methoxy groups -OCH3 is 1. The van der Waals surface area contributed by atoms with Gasteiger partial charge in [0.25, 0.3) is 0 Å². The van der Waals surface area contributed by atoms with Crippen LogP contribution in [0.2, 0.25) is 0 Å². The lowest BCUT2D eigenvalue weighted by Gasteiger charge is -2.42. The topological polar surface area (TPSA) is 9.23 Å². The van der Waals surface area contributed by atoms with Crippen molar-refractivity contribution in [3.8, 4) is 0 Å². The SMILES string of the molecule is COC(CC(F)(F)C(F)(F)C(F)(F)C(F)(F)C(F)(F)C(F)(F)C(F)(F)F)c1ccc(C)cc1. The van der Waals surface area contributed by atoms with Gasteiger partial charge < -0.3 is 4.74 Å². The van der Waals surface area contributed by atoms with Crippen LogP contribution in [0.15, 0.2) is 24.3 Å². The molecule has 0 radical (unpaired) electrons. The van der Waals surface area contributed by atoms with Crippen LogP contribution in [0.4, 0.5) is 65.9 Å². The molecule has 0 spiro atoms. The Balaban J connectivity index is 3.48. The lowest BCUT2D eigenvalue weighted by Crippen LogP contribution is -2.72. The zero-order valence-corrected chi connectivity index (χ0v) is 16.2. The van der Waals surface area contributed by atoms with E-state index in [1.807, 2.05) is 0 Å². The van der Waals surface area contributed by atoms with Crippen LogP contribution in [0.1, 0.15) is 23.7 Å². The first kappa shape index (κ1) is 29.2. The van der Waals surface area contributed by atoms with Gasteiger partial charge in [0.1, 0.15) is 0 Å². The molecule has 1 aromatic carbocycles. The summed E-state index contributed by atoms with van der Waals surface area (Å²) in [7, 11) is 0.601. The largest absolute Gasteiger partial charge is 0.460 e. The second-order valence-corrected chi connectivity index (χ2v) is 6.91. The van der Waals surface area contributed by atoms with Gasteiger partial charge in [-0.25, -0.2) is 0 Å².